The zero-order chi connectivity index (χ0) is 17.6. The Hall–Kier alpha value is -2.65. The maximum Gasteiger partial charge on any atom is 0.227 e. The van der Waals surface area contributed by atoms with Crippen LogP contribution in [0.15, 0.2) is 36.7 Å². The van der Waals surface area contributed by atoms with Crippen molar-refractivity contribution >= 4 is 11.6 Å². The van der Waals surface area contributed by atoms with Crippen molar-refractivity contribution in [1.82, 2.24) is 14.7 Å². The molecule has 0 radical (unpaired) electrons. The van der Waals surface area contributed by atoms with Gasteiger partial charge in [0.1, 0.15) is 0 Å². The fourth-order valence-electron chi connectivity index (χ4n) is 3.21. The largest absolute Gasteiger partial charge is 0.323 e. The quantitative estimate of drug-likeness (QED) is 0.910. The van der Waals surface area contributed by atoms with Crippen LogP contribution in [-0.2, 0) is 17.9 Å². The van der Waals surface area contributed by atoms with Crippen LogP contribution in [-0.4, -0.2) is 33.7 Å². The van der Waals surface area contributed by atoms with Crippen molar-refractivity contribution in [3.8, 4) is 6.07 Å². The van der Waals surface area contributed by atoms with Crippen molar-refractivity contribution in [1.29, 1.82) is 5.26 Å². The maximum absolute atomic E-state index is 12.4. The Bertz CT molecular complexity index is 768. The van der Waals surface area contributed by atoms with Gasteiger partial charge >= 0.3 is 0 Å². The minimum atomic E-state index is 0.0347. The SMILES string of the molecule is CCn1cc(NC(=O)C2CCN(Cc3ccccc3C#N)CC2)cn1. The molecule has 2 heterocycles. The molecular formula is C19H23N5O. The van der Waals surface area contributed by atoms with E-state index in [0.29, 0.717) is 0 Å². The lowest BCUT2D eigenvalue weighted by atomic mass is 9.95. The number of rotatable bonds is 5. The highest BCUT2D eigenvalue weighted by molar-refractivity contribution is 5.92. The molecule has 1 aromatic heterocycles. The van der Waals surface area contributed by atoms with Gasteiger partial charge in [-0.15, -0.1) is 0 Å². The van der Waals surface area contributed by atoms with E-state index in [1.54, 1.807) is 10.9 Å². The molecule has 1 saturated heterocycles. The van der Waals surface area contributed by atoms with E-state index < -0.39 is 0 Å². The van der Waals surface area contributed by atoms with Gasteiger partial charge in [0.2, 0.25) is 5.91 Å². The number of aryl methyl sites for hydroxylation is 1. The van der Waals surface area contributed by atoms with Crippen molar-refractivity contribution in [2.24, 2.45) is 5.92 Å². The minimum Gasteiger partial charge on any atom is -0.323 e. The van der Waals surface area contributed by atoms with Crippen LogP contribution < -0.4 is 5.32 Å². The number of carbonyl (C=O) groups excluding carboxylic acids is 1. The predicted octanol–water partition coefficient (Wildman–Crippen LogP) is 2.63. The molecule has 1 N–H and O–H groups in total. The van der Waals surface area contributed by atoms with Crippen molar-refractivity contribution < 1.29 is 4.79 Å². The second-order valence-corrected chi connectivity index (χ2v) is 6.39. The number of carbonyl (C=O) groups is 1. The van der Waals surface area contributed by atoms with Crippen molar-refractivity contribution in [2.45, 2.75) is 32.9 Å². The lowest BCUT2D eigenvalue weighted by Gasteiger charge is -2.31. The molecule has 0 bridgehead atoms. The summed E-state index contributed by atoms with van der Waals surface area (Å²) in [6.07, 6.45) is 5.21. The topological polar surface area (TPSA) is 74.0 Å². The molecule has 6 nitrogen and oxygen atoms in total. The van der Waals surface area contributed by atoms with Gasteiger partial charge in [-0.05, 0) is 44.5 Å². The molecule has 0 spiro atoms. The predicted molar refractivity (Wildman–Crippen MR) is 95.7 cm³/mol. The molecular weight excluding hydrogens is 314 g/mol. The van der Waals surface area contributed by atoms with Crippen LogP contribution in [0.4, 0.5) is 5.69 Å². The molecule has 130 valence electrons. The monoisotopic (exact) mass is 337 g/mol. The van der Waals surface area contributed by atoms with E-state index in [9.17, 15) is 10.1 Å². The van der Waals surface area contributed by atoms with Crippen molar-refractivity contribution in [2.75, 3.05) is 18.4 Å². The molecule has 0 atom stereocenters. The molecule has 3 rings (SSSR count). The normalized spacial score (nSPS) is 15.7. The molecule has 1 amide bonds. The van der Waals surface area contributed by atoms with Gasteiger partial charge in [0.05, 0.1) is 23.5 Å². The van der Waals surface area contributed by atoms with E-state index in [4.69, 9.17) is 0 Å². The number of piperidine rings is 1. The maximum atomic E-state index is 12.4. The summed E-state index contributed by atoms with van der Waals surface area (Å²) >= 11 is 0. The lowest BCUT2D eigenvalue weighted by molar-refractivity contribution is -0.121. The van der Waals surface area contributed by atoms with Crippen LogP contribution in [0.1, 0.15) is 30.9 Å². The average Bonchev–Trinajstić information content (AvgIpc) is 3.10. The number of nitriles is 1. The molecule has 1 aliphatic rings. The number of hydrogen-bond donors (Lipinski definition) is 1. The first-order valence-electron chi connectivity index (χ1n) is 8.73. The Morgan fingerprint density at radius 1 is 1.36 bits per heavy atom. The van der Waals surface area contributed by atoms with E-state index in [1.807, 2.05) is 37.4 Å². The summed E-state index contributed by atoms with van der Waals surface area (Å²) in [5, 5.41) is 16.3. The van der Waals surface area contributed by atoms with Gasteiger partial charge in [0.15, 0.2) is 0 Å². The Kier molecular flexibility index (Phi) is 5.46. The summed E-state index contributed by atoms with van der Waals surface area (Å²) in [4.78, 5) is 14.7. The summed E-state index contributed by atoms with van der Waals surface area (Å²) in [6.45, 7) is 5.30. The van der Waals surface area contributed by atoms with Crippen LogP contribution in [0.25, 0.3) is 0 Å². The third kappa shape index (κ3) is 4.25. The minimum absolute atomic E-state index is 0.0347. The average molecular weight is 337 g/mol. The molecule has 6 heteroatoms. The van der Waals surface area contributed by atoms with Gasteiger partial charge < -0.3 is 5.32 Å². The number of nitrogens with one attached hydrogen (secondary N) is 1. The first-order valence-corrected chi connectivity index (χ1v) is 8.73. The van der Waals surface area contributed by atoms with E-state index in [-0.39, 0.29) is 11.8 Å². The van der Waals surface area contributed by atoms with E-state index in [1.165, 1.54) is 0 Å². The zero-order valence-corrected chi connectivity index (χ0v) is 14.5. The van der Waals surface area contributed by atoms with E-state index in [0.717, 1.165) is 55.8 Å². The molecule has 2 aromatic rings. The second-order valence-electron chi connectivity index (χ2n) is 6.39. The molecule has 1 aliphatic heterocycles. The Balaban J connectivity index is 1.51. The van der Waals surface area contributed by atoms with Crippen LogP contribution in [0.5, 0.6) is 0 Å². The first-order chi connectivity index (χ1) is 12.2. The van der Waals surface area contributed by atoms with Gasteiger partial charge in [-0.2, -0.15) is 10.4 Å². The number of aromatic nitrogens is 2. The number of benzene rings is 1. The summed E-state index contributed by atoms with van der Waals surface area (Å²) in [7, 11) is 0. The molecule has 0 aliphatic carbocycles. The summed E-state index contributed by atoms with van der Waals surface area (Å²) in [5.74, 6) is 0.111. The number of amides is 1. The summed E-state index contributed by atoms with van der Waals surface area (Å²) in [6, 6.07) is 9.96. The third-order valence-corrected chi connectivity index (χ3v) is 4.71. The van der Waals surface area contributed by atoms with Gasteiger partial charge in [-0.3, -0.25) is 14.4 Å². The molecule has 0 saturated carbocycles. The Labute approximate surface area is 148 Å². The third-order valence-electron chi connectivity index (χ3n) is 4.71. The molecule has 1 aromatic carbocycles. The van der Waals surface area contributed by atoms with Gasteiger partial charge in [0.25, 0.3) is 0 Å². The number of hydrogen-bond acceptors (Lipinski definition) is 4. The fraction of sp³-hybridized carbons (Fsp3) is 0.421. The zero-order valence-electron chi connectivity index (χ0n) is 14.5. The van der Waals surface area contributed by atoms with Crippen molar-refractivity contribution in [3.05, 3.63) is 47.8 Å². The van der Waals surface area contributed by atoms with Crippen LogP contribution in [0, 0.1) is 17.2 Å². The van der Waals surface area contributed by atoms with Gasteiger partial charge in [-0.25, -0.2) is 0 Å². The number of likely N-dealkylation sites (tertiary alicyclic amines) is 1. The van der Waals surface area contributed by atoms with Crippen molar-refractivity contribution in [3.63, 3.8) is 0 Å². The second kappa shape index (κ2) is 7.95. The molecule has 0 unspecified atom stereocenters. The standard InChI is InChI=1S/C19H23N5O/c1-2-24-14-18(12-21-24)22-19(25)15-7-9-23(10-8-15)13-17-6-4-3-5-16(17)11-20/h3-6,12,14-15H,2,7-10,13H2,1H3,(H,22,25). The van der Waals surface area contributed by atoms with Crippen LogP contribution >= 0.6 is 0 Å². The number of anilines is 1. The Morgan fingerprint density at radius 2 is 2.12 bits per heavy atom. The summed E-state index contributed by atoms with van der Waals surface area (Å²) in [5.41, 5.74) is 2.55. The fourth-order valence-corrected chi connectivity index (χ4v) is 3.21. The highest BCUT2D eigenvalue weighted by Gasteiger charge is 2.25. The molecule has 25 heavy (non-hydrogen) atoms. The Morgan fingerprint density at radius 3 is 2.80 bits per heavy atom. The molecule has 1 fully saturated rings. The smallest absolute Gasteiger partial charge is 0.227 e. The first kappa shape index (κ1) is 17.2. The van der Waals surface area contributed by atoms with E-state index in [2.05, 4.69) is 21.4 Å². The highest BCUT2D eigenvalue weighted by Crippen LogP contribution is 2.21. The van der Waals surface area contributed by atoms with Gasteiger partial charge in [-0.1, -0.05) is 18.2 Å². The summed E-state index contributed by atoms with van der Waals surface area (Å²) < 4.78 is 1.80. The lowest BCUT2D eigenvalue weighted by Crippen LogP contribution is -2.37. The highest BCUT2D eigenvalue weighted by atomic mass is 16.1. The van der Waals surface area contributed by atoms with E-state index >= 15 is 0 Å². The van der Waals surface area contributed by atoms with Crippen LogP contribution in [0.2, 0.25) is 0 Å². The number of nitrogens with zero attached hydrogens (tertiary/aromatic N) is 4. The van der Waals surface area contributed by atoms with Crippen LogP contribution in [0.3, 0.4) is 0 Å². The van der Waals surface area contributed by atoms with Gasteiger partial charge in [0, 0.05) is 25.2 Å².